The van der Waals surface area contributed by atoms with Crippen LogP contribution in [-0.4, -0.2) is 14.2 Å². The summed E-state index contributed by atoms with van der Waals surface area (Å²) in [5.41, 5.74) is 1.71. The van der Waals surface area contributed by atoms with E-state index in [1.54, 1.807) is 20.3 Å². The molecule has 20 heavy (non-hydrogen) atoms. The van der Waals surface area contributed by atoms with E-state index in [4.69, 9.17) is 21.1 Å². The third-order valence-corrected chi connectivity index (χ3v) is 3.49. The first-order valence-electron chi connectivity index (χ1n) is 6.24. The average molecular weight is 295 g/mol. The predicted octanol–water partition coefficient (Wildman–Crippen LogP) is 4.37. The maximum absolute atomic E-state index is 13.4. The molecule has 0 bridgehead atoms. The van der Waals surface area contributed by atoms with E-state index in [2.05, 4.69) is 0 Å². The molecule has 1 atom stereocenters. The van der Waals surface area contributed by atoms with Crippen LogP contribution in [0.2, 0.25) is 0 Å². The summed E-state index contributed by atoms with van der Waals surface area (Å²) in [6.45, 7) is 0. The quantitative estimate of drug-likeness (QED) is 0.763. The second kappa shape index (κ2) is 6.62. The van der Waals surface area contributed by atoms with Gasteiger partial charge in [0.15, 0.2) is 0 Å². The molecule has 2 nitrogen and oxygen atoms in total. The van der Waals surface area contributed by atoms with Crippen LogP contribution in [0.4, 0.5) is 4.39 Å². The first kappa shape index (κ1) is 14.7. The van der Waals surface area contributed by atoms with Gasteiger partial charge in [0.25, 0.3) is 0 Å². The summed E-state index contributed by atoms with van der Waals surface area (Å²) in [5.74, 6) is 1.07. The molecular formula is C16H16ClFO2. The Kier molecular flexibility index (Phi) is 4.85. The van der Waals surface area contributed by atoms with Gasteiger partial charge in [0, 0.05) is 5.56 Å². The summed E-state index contributed by atoms with van der Waals surface area (Å²) in [6.07, 6.45) is 0.589. The summed E-state index contributed by atoms with van der Waals surface area (Å²) in [5, 5.41) is -0.353. The fraction of sp³-hybridized carbons (Fsp3) is 0.250. The molecule has 4 heteroatoms. The van der Waals surface area contributed by atoms with Gasteiger partial charge in [-0.25, -0.2) is 4.39 Å². The fourth-order valence-corrected chi connectivity index (χ4v) is 2.38. The van der Waals surface area contributed by atoms with Crippen molar-refractivity contribution >= 4 is 11.6 Å². The lowest BCUT2D eigenvalue weighted by Crippen LogP contribution is -2.00. The van der Waals surface area contributed by atoms with Crippen LogP contribution in [-0.2, 0) is 6.42 Å². The smallest absolute Gasteiger partial charge is 0.123 e. The summed E-state index contributed by atoms with van der Waals surface area (Å²) in [7, 11) is 3.17. The number of hydrogen-bond acceptors (Lipinski definition) is 2. The minimum atomic E-state index is -0.353. The van der Waals surface area contributed by atoms with E-state index in [-0.39, 0.29) is 11.2 Å². The number of benzene rings is 2. The van der Waals surface area contributed by atoms with E-state index in [0.717, 1.165) is 11.3 Å². The molecule has 1 unspecified atom stereocenters. The number of alkyl halides is 1. The average Bonchev–Trinajstić information content (AvgIpc) is 2.48. The van der Waals surface area contributed by atoms with Crippen LogP contribution < -0.4 is 9.47 Å². The van der Waals surface area contributed by atoms with Gasteiger partial charge in [-0.1, -0.05) is 12.1 Å². The summed E-state index contributed by atoms with van der Waals surface area (Å²) in [6, 6.07) is 12.0. The molecule has 0 N–H and O–H groups in total. The molecule has 0 aliphatic heterocycles. The number of rotatable bonds is 5. The van der Waals surface area contributed by atoms with Gasteiger partial charge in [-0.05, 0) is 42.3 Å². The lowest BCUT2D eigenvalue weighted by Gasteiger charge is -2.14. The van der Waals surface area contributed by atoms with Crippen LogP contribution in [0, 0.1) is 5.82 Å². The van der Waals surface area contributed by atoms with Crippen LogP contribution in [0.25, 0.3) is 0 Å². The molecule has 106 valence electrons. The number of hydrogen-bond donors (Lipinski definition) is 0. The zero-order chi connectivity index (χ0) is 14.5. The van der Waals surface area contributed by atoms with Crippen molar-refractivity contribution in [3.05, 3.63) is 59.4 Å². The Bertz CT molecular complexity index is 569. The minimum Gasteiger partial charge on any atom is -0.497 e. The van der Waals surface area contributed by atoms with Gasteiger partial charge >= 0.3 is 0 Å². The second-order valence-electron chi connectivity index (χ2n) is 4.41. The minimum absolute atomic E-state index is 0.318. The zero-order valence-corrected chi connectivity index (χ0v) is 12.2. The molecule has 0 fully saturated rings. The van der Waals surface area contributed by atoms with Gasteiger partial charge in [-0.2, -0.15) is 0 Å². The highest BCUT2D eigenvalue weighted by molar-refractivity contribution is 6.21. The monoisotopic (exact) mass is 294 g/mol. The molecule has 0 saturated heterocycles. The van der Waals surface area contributed by atoms with Crippen LogP contribution in [0.3, 0.4) is 0 Å². The number of ether oxygens (including phenoxy) is 2. The van der Waals surface area contributed by atoms with Crippen molar-refractivity contribution in [3.63, 3.8) is 0 Å². The van der Waals surface area contributed by atoms with Crippen molar-refractivity contribution in [2.45, 2.75) is 11.8 Å². The van der Waals surface area contributed by atoms with Crippen LogP contribution >= 0.6 is 11.6 Å². The van der Waals surface area contributed by atoms with Gasteiger partial charge in [-0.3, -0.25) is 0 Å². The lowest BCUT2D eigenvalue weighted by atomic mass is 10.0. The molecule has 2 aromatic rings. The largest absolute Gasteiger partial charge is 0.497 e. The molecule has 0 spiro atoms. The van der Waals surface area contributed by atoms with Gasteiger partial charge < -0.3 is 9.47 Å². The normalized spacial score (nSPS) is 12.0. The molecule has 0 saturated carbocycles. The molecule has 0 aliphatic rings. The summed E-state index contributed by atoms with van der Waals surface area (Å²) < 4.78 is 23.7. The van der Waals surface area contributed by atoms with E-state index in [1.807, 2.05) is 24.3 Å². The molecular weight excluding hydrogens is 279 g/mol. The maximum Gasteiger partial charge on any atom is 0.123 e. The Labute approximate surface area is 123 Å². The lowest BCUT2D eigenvalue weighted by molar-refractivity contribution is 0.407. The van der Waals surface area contributed by atoms with Crippen molar-refractivity contribution < 1.29 is 13.9 Å². The first-order valence-corrected chi connectivity index (χ1v) is 6.68. The van der Waals surface area contributed by atoms with E-state index in [1.165, 1.54) is 12.1 Å². The summed E-state index contributed by atoms with van der Waals surface area (Å²) >= 11 is 6.39. The Morgan fingerprint density at radius 2 is 1.75 bits per heavy atom. The number of halogens is 2. The predicted molar refractivity (Wildman–Crippen MR) is 78.2 cm³/mol. The summed E-state index contributed by atoms with van der Waals surface area (Å²) in [4.78, 5) is 0. The first-order chi connectivity index (χ1) is 9.63. The van der Waals surface area contributed by atoms with Crippen molar-refractivity contribution in [3.8, 4) is 11.5 Å². The van der Waals surface area contributed by atoms with E-state index in [0.29, 0.717) is 17.7 Å². The highest BCUT2D eigenvalue weighted by Crippen LogP contribution is 2.33. The SMILES string of the molecule is COc1ccc(CC(Cl)c2cc(F)ccc2OC)cc1. The van der Waals surface area contributed by atoms with Crippen LogP contribution in [0.5, 0.6) is 11.5 Å². The van der Waals surface area contributed by atoms with E-state index in [9.17, 15) is 4.39 Å². The molecule has 2 rings (SSSR count). The van der Waals surface area contributed by atoms with E-state index < -0.39 is 0 Å². The van der Waals surface area contributed by atoms with Crippen molar-refractivity contribution in [2.75, 3.05) is 14.2 Å². The topological polar surface area (TPSA) is 18.5 Å². The van der Waals surface area contributed by atoms with Gasteiger partial charge in [0.2, 0.25) is 0 Å². The number of methoxy groups -OCH3 is 2. The molecule has 0 radical (unpaired) electrons. The van der Waals surface area contributed by atoms with E-state index >= 15 is 0 Å². The molecule has 0 heterocycles. The Morgan fingerprint density at radius 1 is 1.05 bits per heavy atom. The molecule has 0 aliphatic carbocycles. The third kappa shape index (κ3) is 3.42. The molecule has 0 aromatic heterocycles. The van der Waals surface area contributed by atoms with Gasteiger partial charge in [0.1, 0.15) is 17.3 Å². The van der Waals surface area contributed by atoms with Crippen LogP contribution in [0.1, 0.15) is 16.5 Å². The van der Waals surface area contributed by atoms with Crippen LogP contribution in [0.15, 0.2) is 42.5 Å². The highest BCUT2D eigenvalue weighted by Gasteiger charge is 2.15. The second-order valence-corrected chi connectivity index (χ2v) is 4.93. The van der Waals surface area contributed by atoms with Crippen molar-refractivity contribution in [2.24, 2.45) is 0 Å². The molecule has 2 aromatic carbocycles. The molecule has 0 amide bonds. The maximum atomic E-state index is 13.4. The zero-order valence-electron chi connectivity index (χ0n) is 11.4. The Balaban J connectivity index is 2.18. The standard InChI is InChI=1S/C16H16ClFO2/c1-19-13-6-3-11(4-7-13)9-15(17)14-10-12(18)5-8-16(14)20-2/h3-8,10,15H,9H2,1-2H3. The van der Waals surface area contributed by atoms with Gasteiger partial charge in [0.05, 0.1) is 19.6 Å². The fourth-order valence-electron chi connectivity index (χ4n) is 2.03. The van der Waals surface area contributed by atoms with Gasteiger partial charge in [-0.15, -0.1) is 11.6 Å². The Hall–Kier alpha value is -1.74. The highest BCUT2D eigenvalue weighted by atomic mass is 35.5. The van der Waals surface area contributed by atoms with Crippen molar-refractivity contribution in [1.82, 2.24) is 0 Å². The Morgan fingerprint density at radius 3 is 2.35 bits per heavy atom. The third-order valence-electron chi connectivity index (χ3n) is 3.10. The van der Waals surface area contributed by atoms with Crippen molar-refractivity contribution in [1.29, 1.82) is 0 Å².